The average Bonchev–Trinajstić information content (AvgIpc) is 2.61. The van der Waals surface area contributed by atoms with Gasteiger partial charge < -0.3 is 14.4 Å². The molecule has 0 radical (unpaired) electrons. The molecule has 29 heavy (non-hydrogen) atoms. The van der Waals surface area contributed by atoms with Crippen LogP contribution in [0, 0.1) is 23.7 Å². The zero-order valence-electron chi connectivity index (χ0n) is 16.2. The van der Waals surface area contributed by atoms with Gasteiger partial charge in [0.2, 0.25) is 0 Å². The van der Waals surface area contributed by atoms with Crippen LogP contribution in [0.5, 0.6) is 5.75 Å². The number of aliphatic carboxylic acids is 1. The molecule has 4 saturated carbocycles. The van der Waals surface area contributed by atoms with Crippen molar-refractivity contribution in [2.24, 2.45) is 23.7 Å². The number of allylic oxidation sites excluding steroid dienone is 1. The molecule has 0 saturated heterocycles. The highest BCUT2D eigenvalue weighted by atomic mass is 31.2. The Hall–Kier alpha value is -2.08. The highest BCUT2D eigenvalue weighted by Crippen LogP contribution is 2.58. The molecule has 4 bridgehead atoms. The highest BCUT2D eigenvalue weighted by Gasteiger charge is 2.46. The van der Waals surface area contributed by atoms with E-state index >= 15 is 0 Å². The minimum Gasteiger partial charge on any atom is -0.496 e. The number of hydrogen-bond donors (Lipinski definition) is 3. The molecule has 5 rings (SSSR count). The molecule has 1 aromatic carbocycles. The van der Waals surface area contributed by atoms with E-state index in [1.165, 1.54) is 49.8 Å². The van der Waals surface area contributed by atoms with Gasteiger partial charge in [-0.2, -0.15) is 0 Å². The van der Waals surface area contributed by atoms with E-state index in [1.807, 2.05) is 0 Å². The van der Waals surface area contributed by atoms with Gasteiger partial charge in [0.15, 0.2) is 0 Å². The molecule has 0 amide bonds. The van der Waals surface area contributed by atoms with E-state index in [2.05, 4.69) is 0 Å². The first-order valence-corrected chi connectivity index (χ1v) is 11.3. The quantitative estimate of drug-likeness (QED) is 0.361. The molecule has 0 aromatic heterocycles. The van der Waals surface area contributed by atoms with Gasteiger partial charge in [-0.3, -0.25) is 9.79 Å². The van der Waals surface area contributed by atoms with Gasteiger partial charge >= 0.3 is 13.8 Å². The van der Waals surface area contributed by atoms with Crippen LogP contribution in [0.15, 0.2) is 29.8 Å². The van der Waals surface area contributed by atoms with Crippen LogP contribution < -0.4 is 4.52 Å². The molecule has 4 fully saturated rings. The van der Waals surface area contributed by atoms with Crippen molar-refractivity contribution in [1.82, 2.24) is 0 Å². The van der Waals surface area contributed by atoms with Crippen LogP contribution in [0.1, 0.15) is 43.2 Å². The molecular weight excluding hydrogens is 395 g/mol. The van der Waals surface area contributed by atoms with Crippen molar-refractivity contribution < 1.29 is 33.5 Å². The van der Waals surface area contributed by atoms with Crippen LogP contribution in [0.4, 0.5) is 0 Å². The van der Waals surface area contributed by atoms with Gasteiger partial charge in [-0.15, -0.1) is 0 Å². The van der Waals surface area contributed by atoms with Crippen LogP contribution >= 0.6 is 7.82 Å². The summed E-state index contributed by atoms with van der Waals surface area (Å²) in [6.07, 6.45) is 8.21. The summed E-state index contributed by atoms with van der Waals surface area (Å²) in [7, 11) is -3.19. The second kappa shape index (κ2) is 7.63. The third kappa shape index (κ3) is 4.27. The van der Waals surface area contributed by atoms with E-state index in [0.29, 0.717) is 17.4 Å². The van der Waals surface area contributed by atoms with Crippen molar-refractivity contribution in [3.8, 4) is 5.75 Å². The first-order valence-electron chi connectivity index (χ1n) is 9.82. The summed E-state index contributed by atoms with van der Waals surface area (Å²) in [6, 6.07) is 4.90. The number of methoxy groups -OCH3 is 1. The number of carboxylic acids is 1. The standard InChI is InChI=1S/C21H25O7P/c1-27-21(20-16-7-12-6-13(9-16)10-17(20)8-12)15-3-2-14(4-5-19(22)23)18(11-15)28-29(24,25)26/h2-5,11-13,16-17H,6-10H2,1H3,(H,22,23)(H2,24,25,26)/b5-4+,21-20?. The van der Waals surface area contributed by atoms with Crippen molar-refractivity contribution >= 4 is 25.6 Å². The molecule has 0 atom stereocenters. The predicted molar refractivity (Wildman–Crippen MR) is 107 cm³/mol. The van der Waals surface area contributed by atoms with Gasteiger partial charge in [0, 0.05) is 17.2 Å². The number of ether oxygens (including phenoxy) is 1. The minimum absolute atomic E-state index is 0.0766. The van der Waals surface area contributed by atoms with E-state index in [9.17, 15) is 19.1 Å². The summed E-state index contributed by atoms with van der Waals surface area (Å²) in [5, 5.41) is 8.86. The Labute approximate surface area is 169 Å². The summed E-state index contributed by atoms with van der Waals surface area (Å²) in [5.74, 6) is 2.12. The van der Waals surface area contributed by atoms with E-state index in [-0.39, 0.29) is 11.3 Å². The van der Waals surface area contributed by atoms with Crippen LogP contribution in [-0.2, 0) is 14.1 Å². The molecule has 8 heteroatoms. The topological polar surface area (TPSA) is 113 Å². The number of rotatable bonds is 6. The van der Waals surface area contributed by atoms with Gasteiger partial charge in [0.1, 0.15) is 11.5 Å². The van der Waals surface area contributed by atoms with Gasteiger partial charge in [-0.25, -0.2) is 9.36 Å². The molecule has 156 valence electrons. The molecule has 7 nitrogen and oxygen atoms in total. The Kier molecular flexibility index (Phi) is 5.32. The lowest BCUT2D eigenvalue weighted by Crippen LogP contribution is -2.40. The SMILES string of the molecule is COC(=C1C2CC3CC(C2)CC1C3)c1ccc(/C=C/C(=O)O)c(OP(=O)(O)O)c1. The molecule has 4 aliphatic rings. The summed E-state index contributed by atoms with van der Waals surface area (Å²) < 4.78 is 22.1. The summed E-state index contributed by atoms with van der Waals surface area (Å²) in [5.41, 5.74) is 2.27. The van der Waals surface area contributed by atoms with Crippen LogP contribution in [0.2, 0.25) is 0 Å². The second-order valence-electron chi connectivity index (χ2n) is 8.30. The van der Waals surface area contributed by atoms with Crippen molar-refractivity contribution in [2.75, 3.05) is 7.11 Å². The normalized spacial score (nSPS) is 28.0. The zero-order chi connectivity index (χ0) is 20.8. The number of hydrogen-bond acceptors (Lipinski definition) is 4. The van der Waals surface area contributed by atoms with Crippen molar-refractivity contribution in [3.63, 3.8) is 0 Å². The Bertz CT molecular complexity index is 897. The predicted octanol–water partition coefficient (Wildman–Crippen LogP) is 4.07. The summed E-state index contributed by atoms with van der Waals surface area (Å²) >= 11 is 0. The lowest BCUT2D eigenvalue weighted by atomic mass is 9.54. The first-order chi connectivity index (χ1) is 13.7. The average molecular weight is 420 g/mol. The molecule has 0 unspecified atom stereocenters. The molecule has 3 N–H and O–H groups in total. The maximum Gasteiger partial charge on any atom is 0.524 e. The zero-order valence-corrected chi connectivity index (χ0v) is 17.0. The van der Waals surface area contributed by atoms with E-state index in [1.54, 1.807) is 19.2 Å². The lowest BCUT2D eigenvalue weighted by molar-refractivity contribution is -0.131. The fourth-order valence-corrected chi connectivity index (χ4v) is 6.06. The van der Waals surface area contributed by atoms with Crippen LogP contribution in [0.3, 0.4) is 0 Å². The molecule has 4 aliphatic carbocycles. The van der Waals surface area contributed by atoms with E-state index in [4.69, 9.17) is 14.4 Å². The van der Waals surface area contributed by atoms with Gasteiger partial charge in [0.25, 0.3) is 0 Å². The number of phosphoric acid groups is 1. The maximum absolute atomic E-state index is 11.4. The van der Waals surface area contributed by atoms with Crippen molar-refractivity contribution in [3.05, 3.63) is 41.0 Å². The Morgan fingerprint density at radius 1 is 1.10 bits per heavy atom. The number of carboxylic acid groups (broad SMARTS) is 1. The number of phosphoric ester groups is 1. The Morgan fingerprint density at radius 2 is 1.72 bits per heavy atom. The summed E-state index contributed by atoms with van der Waals surface area (Å²) in [6.45, 7) is 0. The monoisotopic (exact) mass is 420 g/mol. The number of carbonyl (C=O) groups is 1. The van der Waals surface area contributed by atoms with E-state index in [0.717, 1.165) is 23.7 Å². The Morgan fingerprint density at radius 3 is 2.24 bits per heavy atom. The fourth-order valence-electron chi connectivity index (χ4n) is 5.65. The summed E-state index contributed by atoms with van der Waals surface area (Å²) in [4.78, 5) is 29.4. The van der Waals surface area contributed by atoms with Gasteiger partial charge in [0.05, 0.1) is 7.11 Å². The van der Waals surface area contributed by atoms with Crippen molar-refractivity contribution in [2.45, 2.75) is 32.1 Å². The smallest absolute Gasteiger partial charge is 0.496 e. The fraction of sp³-hybridized carbons (Fsp3) is 0.476. The molecular formula is C21H25O7P. The first kappa shape index (κ1) is 20.2. The minimum atomic E-state index is -4.81. The van der Waals surface area contributed by atoms with Gasteiger partial charge in [-0.05, 0) is 73.5 Å². The third-order valence-corrected chi connectivity index (χ3v) is 6.82. The maximum atomic E-state index is 11.4. The third-order valence-electron chi connectivity index (χ3n) is 6.38. The second-order valence-corrected chi connectivity index (χ2v) is 9.46. The van der Waals surface area contributed by atoms with E-state index < -0.39 is 13.8 Å². The largest absolute Gasteiger partial charge is 0.524 e. The highest BCUT2D eigenvalue weighted by molar-refractivity contribution is 7.46. The van der Waals surface area contributed by atoms with Crippen molar-refractivity contribution in [1.29, 1.82) is 0 Å². The number of benzene rings is 1. The van der Waals surface area contributed by atoms with Gasteiger partial charge in [-0.1, -0.05) is 12.1 Å². The molecule has 0 spiro atoms. The molecule has 0 heterocycles. The van der Waals surface area contributed by atoms with Crippen LogP contribution in [-0.4, -0.2) is 28.0 Å². The van der Waals surface area contributed by atoms with Crippen LogP contribution in [0.25, 0.3) is 11.8 Å². The molecule has 1 aromatic rings. The lowest BCUT2D eigenvalue weighted by Gasteiger charge is -2.51. The Balaban J connectivity index is 1.76. The molecule has 0 aliphatic heterocycles.